The highest BCUT2D eigenvalue weighted by molar-refractivity contribution is 7.92. The molecule has 0 saturated heterocycles. The minimum absolute atomic E-state index is 0.0180. The number of carbonyl (C=O) groups excluding carboxylic acids is 2. The number of hydrogen-bond acceptors (Lipinski definition) is 4. The molecule has 0 aliphatic carbocycles. The standard InChI is InChI=1S/C24H29Cl4N3O4S/c1-6-19(23(33)29-24(2,3)4)30(13-15-16(25)9-7-10-17(15)26)21(32)14-31(36(5,34)35)20-12-8-11-18(27)22(20)28/h7-12,19H,6,13-14H2,1-5H3,(H,29,33)/t19-/m0/s1. The predicted octanol–water partition coefficient (Wildman–Crippen LogP) is 5.79. The highest BCUT2D eigenvalue weighted by Gasteiger charge is 2.34. The van der Waals surface area contributed by atoms with Gasteiger partial charge in [0.05, 0.1) is 22.0 Å². The minimum atomic E-state index is -3.97. The van der Waals surface area contributed by atoms with E-state index in [0.29, 0.717) is 15.6 Å². The van der Waals surface area contributed by atoms with E-state index in [9.17, 15) is 18.0 Å². The number of rotatable bonds is 9. The van der Waals surface area contributed by atoms with Crippen LogP contribution in [0.15, 0.2) is 36.4 Å². The van der Waals surface area contributed by atoms with Gasteiger partial charge < -0.3 is 10.2 Å². The van der Waals surface area contributed by atoms with Gasteiger partial charge in [0.25, 0.3) is 0 Å². The summed E-state index contributed by atoms with van der Waals surface area (Å²) < 4.78 is 26.3. The maximum Gasteiger partial charge on any atom is 0.244 e. The van der Waals surface area contributed by atoms with Crippen molar-refractivity contribution in [2.24, 2.45) is 0 Å². The first-order chi connectivity index (χ1) is 16.6. The lowest BCUT2D eigenvalue weighted by atomic mass is 10.1. The average molecular weight is 597 g/mol. The molecule has 1 atom stereocenters. The molecular weight excluding hydrogens is 568 g/mol. The third-order valence-electron chi connectivity index (χ3n) is 5.15. The molecule has 0 bridgehead atoms. The van der Waals surface area contributed by atoms with E-state index < -0.39 is 40.0 Å². The number of nitrogens with one attached hydrogen (secondary N) is 1. The van der Waals surface area contributed by atoms with E-state index in [1.807, 2.05) is 20.8 Å². The Morgan fingerprint density at radius 2 is 1.50 bits per heavy atom. The van der Waals surface area contributed by atoms with E-state index in [4.69, 9.17) is 46.4 Å². The molecule has 36 heavy (non-hydrogen) atoms. The van der Waals surface area contributed by atoms with Gasteiger partial charge in [-0.15, -0.1) is 0 Å². The van der Waals surface area contributed by atoms with Gasteiger partial charge in [0.2, 0.25) is 21.8 Å². The second-order valence-corrected chi connectivity index (χ2v) is 12.7. The molecule has 0 saturated carbocycles. The van der Waals surface area contributed by atoms with Crippen molar-refractivity contribution in [1.29, 1.82) is 0 Å². The van der Waals surface area contributed by atoms with Crippen molar-refractivity contribution in [3.63, 3.8) is 0 Å². The Morgan fingerprint density at radius 3 is 2.00 bits per heavy atom. The number of halogens is 4. The molecule has 0 unspecified atom stereocenters. The van der Waals surface area contributed by atoms with Crippen LogP contribution in [0.2, 0.25) is 20.1 Å². The van der Waals surface area contributed by atoms with Crippen molar-refractivity contribution in [1.82, 2.24) is 10.2 Å². The van der Waals surface area contributed by atoms with Crippen molar-refractivity contribution in [3.8, 4) is 0 Å². The summed E-state index contributed by atoms with van der Waals surface area (Å²) in [5, 5.41) is 3.61. The number of nitrogens with zero attached hydrogens (tertiary/aromatic N) is 2. The second kappa shape index (κ2) is 12.2. The fourth-order valence-electron chi connectivity index (χ4n) is 3.51. The lowest BCUT2D eigenvalue weighted by molar-refractivity contribution is -0.141. The summed E-state index contributed by atoms with van der Waals surface area (Å²) in [4.78, 5) is 28.2. The van der Waals surface area contributed by atoms with Gasteiger partial charge in [-0.3, -0.25) is 13.9 Å². The SMILES string of the molecule is CC[C@@H](C(=O)NC(C)(C)C)N(Cc1c(Cl)cccc1Cl)C(=O)CN(c1cccc(Cl)c1Cl)S(C)(=O)=O. The minimum Gasteiger partial charge on any atom is -0.350 e. The van der Waals surface area contributed by atoms with Gasteiger partial charge >= 0.3 is 0 Å². The van der Waals surface area contributed by atoms with Crippen molar-refractivity contribution in [2.45, 2.75) is 52.2 Å². The maximum absolute atomic E-state index is 13.7. The quantitative estimate of drug-likeness (QED) is 0.397. The van der Waals surface area contributed by atoms with E-state index in [-0.39, 0.29) is 28.7 Å². The van der Waals surface area contributed by atoms with Crippen molar-refractivity contribution in [3.05, 3.63) is 62.1 Å². The van der Waals surface area contributed by atoms with E-state index in [1.54, 1.807) is 25.1 Å². The van der Waals surface area contributed by atoms with Crippen LogP contribution in [0.3, 0.4) is 0 Å². The lowest BCUT2D eigenvalue weighted by Crippen LogP contribution is -2.55. The average Bonchev–Trinajstić information content (AvgIpc) is 2.74. The van der Waals surface area contributed by atoms with Gasteiger partial charge in [-0.1, -0.05) is 65.5 Å². The predicted molar refractivity (Wildman–Crippen MR) is 148 cm³/mol. The Morgan fingerprint density at radius 1 is 0.972 bits per heavy atom. The van der Waals surface area contributed by atoms with Crippen LogP contribution < -0.4 is 9.62 Å². The van der Waals surface area contributed by atoms with E-state index >= 15 is 0 Å². The van der Waals surface area contributed by atoms with E-state index in [1.165, 1.54) is 23.1 Å². The Hall–Kier alpha value is -1.71. The normalized spacial score (nSPS) is 12.7. The van der Waals surface area contributed by atoms with Crippen LogP contribution in [0.25, 0.3) is 0 Å². The Kier molecular flexibility index (Phi) is 10.4. The zero-order chi connectivity index (χ0) is 27.4. The van der Waals surface area contributed by atoms with Crippen LogP contribution in [0.4, 0.5) is 5.69 Å². The number of sulfonamides is 1. The largest absolute Gasteiger partial charge is 0.350 e. The Bertz CT molecular complexity index is 1210. The number of hydrogen-bond donors (Lipinski definition) is 1. The fourth-order valence-corrected chi connectivity index (χ4v) is 5.32. The third-order valence-corrected chi connectivity index (χ3v) is 7.80. The zero-order valence-electron chi connectivity index (χ0n) is 20.6. The smallest absolute Gasteiger partial charge is 0.244 e. The van der Waals surface area contributed by atoms with E-state index in [2.05, 4.69) is 5.32 Å². The molecule has 1 N–H and O–H groups in total. The first-order valence-corrected chi connectivity index (χ1v) is 14.4. The Labute approximate surface area is 232 Å². The van der Waals surface area contributed by atoms with E-state index in [0.717, 1.165) is 10.6 Å². The summed E-state index contributed by atoms with van der Waals surface area (Å²) >= 11 is 25.1. The van der Waals surface area contributed by atoms with Crippen LogP contribution in [0.5, 0.6) is 0 Å². The van der Waals surface area contributed by atoms with Gasteiger partial charge in [-0.2, -0.15) is 0 Å². The summed E-state index contributed by atoms with van der Waals surface area (Å²) in [5.41, 5.74) is -0.0835. The molecule has 12 heteroatoms. The molecule has 0 spiro atoms. The van der Waals surface area contributed by atoms with Crippen LogP contribution in [0.1, 0.15) is 39.7 Å². The fraction of sp³-hybridized carbons (Fsp3) is 0.417. The monoisotopic (exact) mass is 595 g/mol. The summed E-state index contributed by atoms with van der Waals surface area (Å²) in [5.74, 6) is -1.04. The highest BCUT2D eigenvalue weighted by atomic mass is 35.5. The number of anilines is 1. The molecule has 7 nitrogen and oxygen atoms in total. The van der Waals surface area contributed by atoms with Crippen LogP contribution >= 0.6 is 46.4 Å². The van der Waals surface area contributed by atoms with Crippen LogP contribution in [-0.2, 0) is 26.2 Å². The van der Waals surface area contributed by atoms with Crippen LogP contribution in [-0.4, -0.2) is 49.5 Å². The molecule has 198 valence electrons. The molecule has 0 radical (unpaired) electrons. The van der Waals surface area contributed by atoms with Crippen molar-refractivity contribution >= 4 is 73.9 Å². The zero-order valence-corrected chi connectivity index (χ0v) is 24.5. The summed E-state index contributed by atoms with van der Waals surface area (Å²) in [7, 11) is -3.97. The highest BCUT2D eigenvalue weighted by Crippen LogP contribution is 2.34. The molecule has 0 aromatic heterocycles. The number of amides is 2. The molecule has 2 amide bonds. The van der Waals surface area contributed by atoms with Gasteiger partial charge in [0, 0.05) is 27.7 Å². The van der Waals surface area contributed by atoms with Crippen molar-refractivity contribution in [2.75, 3.05) is 17.1 Å². The first-order valence-electron chi connectivity index (χ1n) is 11.0. The molecule has 2 aromatic rings. The summed E-state index contributed by atoms with van der Waals surface area (Å²) in [6, 6.07) is 8.45. The molecule has 2 rings (SSSR count). The molecular formula is C24H29Cl4N3O4S. The van der Waals surface area contributed by atoms with Gasteiger partial charge in [-0.25, -0.2) is 8.42 Å². The van der Waals surface area contributed by atoms with Gasteiger partial charge in [-0.05, 0) is 51.5 Å². The Balaban J connectivity index is 2.57. The number of benzene rings is 2. The van der Waals surface area contributed by atoms with Crippen LogP contribution in [0, 0.1) is 0 Å². The molecule has 0 heterocycles. The molecule has 0 fully saturated rings. The number of carbonyl (C=O) groups is 2. The maximum atomic E-state index is 13.7. The van der Waals surface area contributed by atoms with Crippen molar-refractivity contribution < 1.29 is 18.0 Å². The summed E-state index contributed by atoms with van der Waals surface area (Å²) in [6.45, 7) is 6.47. The molecule has 0 aliphatic heterocycles. The molecule has 2 aromatic carbocycles. The lowest BCUT2D eigenvalue weighted by Gasteiger charge is -2.35. The van der Waals surface area contributed by atoms with Gasteiger partial charge in [0.15, 0.2) is 0 Å². The first kappa shape index (κ1) is 30.5. The molecule has 0 aliphatic rings. The summed E-state index contributed by atoms with van der Waals surface area (Å²) in [6.07, 6.45) is 1.21. The topological polar surface area (TPSA) is 86.8 Å². The second-order valence-electron chi connectivity index (χ2n) is 9.23. The van der Waals surface area contributed by atoms with Gasteiger partial charge in [0.1, 0.15) is 12.6 Å². The third kappa shape index (κ3) is 7.89.